The number of nitro groups is 1. The van der Waals surface area contributed by atoms with Gasteiger partial charge in [0, 0.05) is 57.4 Å². The molecule has 1 atom stereocenters. The summed E-state index contributed by atoms with van der Waals surface area (Å²) in [5.74, 6) is -0.133. The lowest BCUT2D eigenvalue weighted by Gasteiger charge is -2.32. The normalized spacial score (nSPS) is 20.5. The summed E-state index contributed by atoms with van der Waals surface area (Å²) in [5.41, 5.74) is 1.36. The molecule has 4 rings (SSSR count). The van der Waals surface area contributed by atoms with Crippen LogP contribution in [-0.2, 0) is 0 Å². The summed E-state index contributed by atoms with van der Waals surface area (Å²) < 4.78 is 1.48. The Bertz CT molecular complexity index is 891. The van der Waals surface area contributed by atoms with Crippen molar-refractivity contribution in [3.63, 3.8) is 0 Å². The van der Waals surface area contributed by atoms with E-state index in [0.29, 0.717) is 36.2 Å². The Labute approximate surface area is 162 Å². The fourth-order valence-electron chi connectivity index (χ4n) is 3.93. The minimum Gasteiger partial charge on any atom is -0.336 e. The molecular formula is C18H23N7O3. The number of carbonyl (C=O) groups excluding carboxylic acids is 1. The molecule has 2 aliphatic heterocycles. The van der Waals surface area contributed by atoms with Gasteiger partial charge in [-0.1, -0.05) is 11.3 Å². The highest BCUT2D eigenvalue weighted by molar-refractivity contribution is 5.93. The van der Waals surface area contributed by atoms with Crippen molar-refractivity contribution in [1.82, 2.24) is 30.1 Å². The lowest BCUT2D eigenvalue weighted by molar-refractivity contribution is -0.384. The van der Waals surface area contributed by atoms with Gasteiger partial charge in [0.15, 0.2) is 5.69 Å². The molecule has 1 N–H and O–H groups in total. The molecule has 1 unspecified atom stereocenters. The van der Waals surface area contributed by atoms with Gasteiger partial charge in [-0.05, 0) is 19.4 Å². The fourth-order valence-corrected chi connectivity index (χ4v) is 3.93. The second-order valence-corrected chi connectivity index (χ2v) is 7.19. The minimum absolute atomic E-state index is 0.0290. The number of amides is 1. The lowest BCUT2D eigenvalue weighted by Crippen LogP contribution is -2.49. The number of nitro benzene ring substituents is 1. The van der Waals surface area contributed by atoms with Gasteiger partial charge in [0.05, 0.1) is 16.3 Å². The number of carbonyl (C=O) groups is 1. The van der Waals surface area contributed by atoms with Crippen LogP contribution in [0, 0.1) is 17.0 Å². The molecule has 0 radical (unpaired) electrons. The molecule has 10 heteroatoms. The van der Waals surface area contributed by atoms with E-state index in [1.165, 1.54) is 16.8 Å². The van der Waals surface area contributed by atoms with Gasteiger partial charge in [-0.15, -0.1) is 5.10 Å². The van der Waals surface area contributed by atoms with E-state index in [4.69, 9.17) is 0 Å². The van der Waals surface area contributed by atoms with Crippen molar-refractivity contribution in [1.29, 1.82) is 0 Å². The average molecular weight is 385 g/mol. The van der Waals surface area contributed by atoms with Crippen molar-refractivity contribution in [2.45, 2.75) is 19.4 Å². The maximum absolute atomic E-state index is 13.0. The molecule has 28 heavy (non-hydrogen) atoms. The first-order chi connectivity index (χ1) is 13.5. The SMILES string of the molecule is Cc1c(C(=O)N2CCC(N3CCNCC3)C2)nnn1-c1cccc([N+](=O)[O-])c1. The molecule has 3 heterocycles. The largest absolute Gasteiger partial charge is 0.336 e. The number of rotatable bonds is 4. The summed E-state index contributed by atoms with van der Waals surface area (Å²) in [6.45, 7) is 7.15. The molecule has 0 spiro atoms. The Morgan fingerprint density at radius 2 is 2.07 bits per heavy atom. The predicted octanol–water partition coefficient (Wildman–Crippen LogP) is 0.604. The molecule has 2 aliphatic rings. The molecule has 148 valence electrons. The number of hydrogen-bond acceptors (Lipinski definition) is 7. The Balaban J connectivity index is 1.50. The molecule has 1 aromatic carbocycles. The smallest absolute Gasteiger partial charge is 0.276 e. The van der Waals surface area contributed by atoms with Crippen molar-refractivity contribution in [3.8, 4) is 5.69 Å². The van der Waals surface area contributed by atoms with Crippen LogP contribution in [0.25, 0.3) is 5.69 Å². The number of likely N-dealkylation sites (tertiary alicyclic amines) is 1. The van der Waals surface area contributed by atoms with Crippen LogP contribution in [0.4, 0.5) is 5.69 Å². The third kappa shape index (κ3) is 3.48. The minimum atomic E-state index is -0.456. The van der Waals surface area contributed by atoms with Crippen molar-refractivity contribution in [2.24, 2.45) is 0 Å². The lowest BCUT2D eigenvalue weighted by atomic mass is 10.2. The monoisotopic (exact) mass is 385 g/mol. The standard InChI is InChI=1S/C18H23N7O3/c1-13-17(20-21-24(13)14-3-2-4-15(11-14)25(27)28)18(26)23-8-5-16(12-23)22-9-6-19-7-10-22/h2-4,11,16,19H,5-10,12H2,1H3. The first-order valence-corrected chi connectivity index (χ1v) is 9.46. The number of nitrogens with one attached hydrogen (secondary N) is 1. The maximum Gasteiger partial charge on any atom is 0.276 e. The Morgan fingerprint density at radius 3 is 2.82 bits per heavy atom. The van der Waals surface area contributed by atoms with E-state index in [2.05, 4.69) is 20.5 Å². The van der Waals surface area contributed by atoms with E-state index >= 15 is 0 Å². The van der Waals surface area contributed by atoms with Gasteiger partial charge in [0.1, 0.15) is 0 Å². The van der Waals surface area contributed by atoms with Crippen molar-refractivity contribution in [2.75, 3.05) is 39.3 Å². The van der Waals surface area contributed by atoms with Crippen molar-refractivity contribution < 1.29 is 9.72 Å². The van der Waals surface area contributed by atoms with Gasteiger partial charge in [-0.3, -0.25) is 19.8 Å². The van der Waals surface area contributed by atoms with E-state index in [1.54, 1.807) is 19.1 Å². The molecule has 0 aliphatic carbocycles. The van der Waals surface area contributed by atoms with Crippen LogP contribution in [0.15, 0.2) is 24.3 Å². The Kier molecular flexibility index (Phi) is 5.05. The topological polar surface area (TPSA) is 109 Å². The highest BCUT2D eigenvalue weighted by Crippen LogP contribution is 2.21. The van der Waals surface area contributed by atoms with Crippen LogP contribution >= 0.6 is 0 Å². The van der Waals surface area contributed by atoms with E-state index in [-0.39, 0.29) is 11.6 Å². The van der Waals surface area contributed by atoms with Crippen LogP contribution in [0.5, 0.6) is 0 Å². The van der Waals surface area contributed by atoms with Crippen molar-refractivity contribution in [3.05, 3.63) is 45.8 Å². The first-order valence-electron chi connectivity index (χ1n) is 9.46. The number of piperazine rings is 1. The van der Waals surface area contributed by atoms with E-state index in [9.17, 15) is 14.9 Å². The number of hydrogen-bond donors (Lipinski definition) is 1. The number of aromatic nitrogens is 3. The summed E-state index contributed by atoms with van der Waals surface area (Å²) in [7, 11) is 0. The Morgan fingerprint density at radius 1 is 1.29 bits per heavy atom. The molecule has 1 aromatic heterocycles. The zero-order chi connectivity index (χ0) is 19.7. The van der Waals surface area contributed by atoms with Crippen LogP contribution in [0.2, 0.25) is 0 Å². The third-order valence-electron chi connectivity index (χ3n) is 5.50. The predicted molar refractivity (Wildman–Crippen MR) is 102 cm³/mol. The van der Waals surface area contributed by atoms with E-state index in [1.807, 2.05) is 4.90 Å². The van der Waals surface area contributed by atoms with Gasteiger partial charge in [0.25, 0.3) is 11.6 Å². The van der Waals surface area contributed by atoms with Crippen LogP contribution in [-0.4, -0.2) is 80.9 Å². The van der Waals surface area contributed by atoms with E-state index in [0.717, 1.165) is 32.6 Å². The Hall–Kier alpha value is -2.85. The maximum atomic E-state index is 13.0. The van der Waals surface area contributed by atoms with Gasteiger partial charge in [-0.2, -0.15) is 0 Å². The second kappa shape index (κ2) is 7.64. The van der Waals surface area contributed by atoms with Gasteiger partial charge in [-0.25, -0.2) is 4.68 Å². The molecule has 0 bridgehead atoms. The summed E-state index contributed by atoms with van der Waals surface area (Å²) in [6.07, 6.45) is 0.962. The number of benzene rings is 1. The fraction of sp³-hybridized carbons (Fsp3) is 0.500. The summed E-state index contributed by atoms with van der Waals surface area (Å²) in [6, 6.07) is 6.53. The molecule has 1 amide bonds. The molecule has 2 aromatic rings. The molecule has 2 saturated heterocycles. The van der Waals surface area contributed by atoms with E-state index < -0.39 is 4.92 Å². The van der Waals surface area contributed by atoms with Crippen LogP contribution in [0.3, 0.4) is 0 Å². The summed E-state index contributed by atoms with van der Waals surface area (Å²) in [4.78, 5) is 27.8. The second-order valence-electron chi connectivity index (χ2n) is 7.19. The molecule has 2 fully saturated rings. The average Bonchev–Trinajstić information content (AvgIpc) is 3.35. The van der Waals surface area contributed by atoms with Gasteiger partial charge >= 0.3 is 0 Å². The highest BCUT2D eigenvalue weighted by atomic mass is 16.6. The molecular weight excluding hydrogens is 362 g/mol. The zero-order valence-electron chi connectivity index (χ0n) is 15.7. The quantitative estimate of drug-likeness (QED) is 0.606. The summed E-state index contributed by atoms with van der Waals surface area (Å²) >= 11 is 0. The van der Waals surface area contributed by atoms with Crippen LogP contribution < -0.4 is 5.32 Å². The van der Waals surface area contributed by atoms with Crippen LogP contribution in [0.1, 0.15) is 22.6 Å². The zero-order valence-corrected chi connectivity index (χ0v) is 15.7. The number of nitrogens with zero attached hydrogens (tertiary/aromatic N) is 6. The highest BCUT2D eigenvalue weighted by Gasteiger charge is 2.33. The third-order valence-corrected chi connectivity index (χ3v) is 5.50. The first kappa shape index (κ1) is 18.5. The van der Waals surface area contributed by atoms with Gasteiger partial charge < -0.3 is 10.2 Å². The van der Waals surface area contributed by atoms with Gasteiger partial charge in [0.2, 0.25) is 0 Å². The summed E-state index contributed by atoms with van der Waals surface area (Å²) in [5, 5.41) is 22.5. The molecule has 10 nitrogen and oxygen atoms in total. The number of non-ortho nitro benzene ring substituents is 1. The molecule has 0 saturated carbocycles. The van der Waals surface area contributed by atoms with Crippen molar-refractivity contribution >= 4 is 11.6 Å².